The van der Waals surface area contributed by atoms with E-state index in [9.17, 15) is 18.0 Å². The summed E-state index contributed by atoms with van der Waals surface area (Å²) >= 11 is 0. The zero-order valence-corrected chi connectivity index (χ0v) is 18.1. The highest BCUT2D eigenvalue weighted by molar-refractivity contribution is 5.82. The number of halogens is 3. The molecule has 0 bridgehead atoms. The van der Waals surface area contributed by atoms with Crippen molar-refractivity contribution in [3.05, 3.63) is 47.8 Å². The minimum atomic E-state index is -4.42. The van der Waals surface area contributed by atoms with Crippen LogP contribution in [0, 0.1) is 5.92 Å². The fourth-order valence-corrected chi connectivity index (χ4v) is 5.09. The van der Waals surface area contributed by atoms with E-state index in [1.54, 1.807) is 24.5 Å². The normalized spacial score (nSPS) is 24.9. The Kier molecular flexibility index (Phi) is 5.86. The predicted octanol–water partition coefficient (Wildman–Crippen LogP) is 2.66. The lowest BCUT2D eigenvalue weighted by Crippen LogP contribution is -2.61. The lowest BCUT2D eigenvalue weighted by atomic mass is 9.82. The Hall–Kier alpha value is -2.88. The van der Waals surface area contributed by atoms with Gasteiger partial charge in [0, 0.05) is 50.9 Å². The fraction of sp³-hybridized carbons (Fsp3) is 0.522. The molecule has 176 valence electrons. The summed E-state index contributed by atoms with van der Waals surface area (Å²) in [6.07, 6.45) is 1.05. The summed E-state index contributed by atoms with van der Waals surface area (Å²) in [4.78, 5) is 26.1. The Morgan fingerprint density at radius 3 is 2.76 bits per heavy atom. The molecule has 3 atom stereocenters. The number of amides is 1. The molecule has 10 heteroatoms. The molecule has 0 aliphatic carbocycles. The third-order valence-corrected chi connectivity index (χ3v) is 6.74. The molecule has 3 aliphatic rings. The number of benzene rings is 1. The first-order chi connectivity index (χ1) is 15.9. The Bertz CT molecular complexity index is 997. The third-order valence-electron chi connectivity index (χ3n) is 6.74. The summed E-state index contributed by atoms with van der Waals surface area (Å²) in [6.45, 7) is 2.81. The number of fused-ring (bicyclic) bond motifs is 3. The topological polar surface area (TPSA) is 70.6 Å². The van der Waals surface area contributed by atoms with Crippen LogP contribution in [-0.4, -0.2) is 60.8 Å². The number of hydrogen-bond acceptors (Lipinski definition) is 6. The summed E-state index contributed by atoms with van der Waals surface area (Å²) < 4.78 is 45.7. The van der Waals surface area contributed by atoms with Gasteiger partial charge < -0.3 is 19.9 Å². The minimum absolute atomic E-state index is 0.00154. The number of rotatable bonds is 4. The highest BCUT2D eigenvalue weighted by atomic mass is 19.4. The summed E-state index contributed by atoms with van der Waals surface area (Å²) in [5.41, 5.74) is 0.641. The number of nitrogens with zero attached hydrogens (tertiary/aromatic N) is 4. The van der Waals surface area contributed by atoms with Gasteiger partial charge in [-0.05, 0) is 49.1 Å². The van der Waals surface area contributed by atoms with E-state index in [0.29, 0.717) is 44.3 Å². The van der Waals surface area contributed by atoms with Gasteiger partial charge >= 0.3 is 6.18 Å². The number of piperazine rings is 1. The molecule has 2 aromatic rings. The molecular weight excluding hydrogens is 435 g/mol. The summed E-state index contributed by atoms with van der Waals surface area (Å²) in [7, 11) is 0. The van der Waals surface area contributed by atoms with E-state index in [2.05, 4.69) is 20.2 Å². The Morgan fingerprint density at radius 1 is 1.21 bits per heavy atom. The van der Waals surface area contributed by atoms with Gasteiger partial charge in [0.25, 0.3) is 0 Å². The van der Waals surface area contributed by atoms with Crippen molar-refractivity contribution in [2.24, 2.45) is 5.92 Å². The van der Waals surface area contributed by atoms with Gasteiger partial charge in [-0.15, -0.1) is 0 Å². The van der Waals surface area contributed by atoms with E-state index >= 15 is 0 Å². The van der Waals surface area contributed by atoms with E-state index < -0.39 is 17.7 Å². The average Bonchev–Trinajstić information content (AvgIpc) is 3.35. The van der Waals surface area contributed by atoms with Crippen LogP contribution in [0.15, 0.2) is 36.7 Å². The quantitative estimate of drug-likeness (QED) is 0.755. The number of carbonyl (C=O) groups is 1. The maximum absolute atomic E-state index is 13.4. The molecular formula is C23H26F3N5O2. The lowest BCUT2D eigenvalue weighted by Gasteiger charge is -2.49. The zero-order valence-electron chi connectivity index (χ0n) is 18.1. The molecule has 5 rings (SSSR count). The van der Waals surface area contributed by atoms with Crippen LogP contribution in [0.2, 0.25) is 0 Å². The number of alkyl halides is 3. The average molecular weight is 461 g/mol. The maximum atomic E-state index is 13.4. The van der Waals surface area contributed by atoms with Gasteiger partial charge in [-0.1, -0.05) is 0 Å². The van der Waals surface area contributed by atoms with E-state index in [4.69, 9.17) is 4.74 Å². The number of aromatic nitrogens is 2. The highest BCUT2D eigenvalue weighted by Gasteiger charge is 2.43. The van der Waals surface area contributed by atoms with Crippen LogP contribution in [0.4, 0.5) is 24.8 Å². The second kappa shape index (κ2) is 8.81. The predicted molar refractivity (Wildman–Crippen MR) is 116 cm³/mol. The van der Waals surface area contributed by atoms with Gasteiger partial charge in [-0.2, -0.15) is 13.2 Å². The fourth-order valence-electron chi connectivity index (χ4n) is 5.09. The maximum Gasteiger partial charge on any atom is 0.416 e. The van der Waals surface area contributed by atoms with Crippen molar-refractivity contribution in [3.63, 3.8) is 0 Å². The van der Waals surface area contributed by atoms with E-state index in [0.717, 1.165) is 24.6 Å². The first-order valence-corrected chi connectivity index (χ1v) is 11.3. The molecule has 1 N–H and O–H groups in total. The Labute approximate surface area is 189 Å². The lowest BCUT2D eigenvalue weighted by molar-refractivity contribution is -0.137. The molecule has 0 unspecified atom stereocenters. The van der Waals surface area contributed by atoms with E-state index in [1.807, 2.05) is 4.90 Å². The standard InChI is InChI=1S/C23H26F3N5O2/c24-23(25,26)16-4-5-19-15(11-16)12-18(21(32)29-13-17-3-1-10-33-17)20-14-30(8-9-31(19)20)22-27-6-2-7-28-22/h2,4-7,11,17-18,20H,1,3,8-10,12-14H2,(H,29,32)/t17-,18+,20+/m0/s1. The van der Waals surface area contributed by atoms with Crippen LogP contribution in [0.3, 0.4) is 0 Å². The van der Waals surface area contributed by atoms with Crippen LogP contribution in [-0.2, 0) is 22.1 Å². The van der Waals surface area contributed by atoms with Crippen LogP contribution >= 0.6 is 0 Å². The van der Waals surface area contributed by atoms with Gasteiger partial charge in [-0.3, -0.25) is 4.79 Å². The molecule has 0 saturated carbocycles. The first kappa shape index (κ1) is 21.9. The van der Waals surface area contributed by atoms with Crippen LogP contribution in [0.25, 0.3) is 0 Å². The van der Waals surface area contributed by atoms with Gasteiger partial charge in [-0.25, -0.2) is 9.97 Å². The smallest absolute Gasteiger partial charge is 0.376 e. The molecule has 1 amide bonds. The number of ether oxygens (including phenoxy) is 1. The van der Waals surface area contributed by atoms with Crippen molar-refractivity contribution >= 4 is 17.5 Å². The Morgan fingerprint density at radius 2 is 2.03 bits per heavy atom. The molecule has 7 nitrogen and oxygen atoms in total. The molecule has 2 fully saturated rings. The monoisotopic (exact) mass is 461 g/mol. The van der Waals surface area contributed by atoms with E-state index in [1.165, 1.54) is 6.07 Å². The van der Waals surface area contributed by atoms with Crippen molar-refractivity contribution in [1.82, 2.24) is 15.3 Å². The van der Waals surface area contributed by atoms with Crippen molar-refractivity contribution in [2.75, 3.05) is 42.6 Å². The van der Waals surface area contributed by atoms with E-state index in [-0.39, 0.29) is 24.5 Å². The van der Waals surface area contributed by atoms with Crippen molar-refractivity contribution in [1.29, 1.82) is 0 Å². The largest absolute Gasteiger partial charge is 0.416 e. The SMILES string of the molecule is O=C(NC[C@@H]1CCCO1)[C@@H]1Cc2cc(C(F)(F)F)ccc2N2CCN(c3ncccn3)C[C@H]12. The van der Waals surface area contributed by atoms with Gasteiger partial charge in [0.05, 0.1) is 23.6 Å². The van der Waals surface area contributed by atoms with Crippen molar-refractivity contribution in [3.8, 4) is 0 Å². The minimum Gasteiger partial charge on any atom is -0.376 e. The molecule has 3 aliphatic heterocycles. The summed E-state index contributed by atoms with van der Waals surface area (Å²) in [5, 5.41) is 3.00. The zero-order chi connectivity index (χ0) is 23.0. The molecule has 33 heavy (non-hydrogen) atoms. The number of carbonyl (C=O) groups excluding carboxylic acids is 1. The molecule has 0 radical (unpaired) electrons. The third kappa shape index (κ3) is 4.48. The van der Waals surface area contributed by atoms with Crippen LogP contribution in [0.5, 0.6) is 0 Å². The highest BCUT2D eigenvalue weighted by Crippen LogP contribution is 2.40. The van der Waals surface area contributed by atoms with Crippen molar-refractivity contribution < 1.29 is 22.7 Å². The second-order valence-electron chi connectivity index (χ2n) is 8.79. The number of anilines is 2. The second-order valence-corrected chi connectivity index (χ2v) is 8.79. The van der Waals surface area contributed by atoms with Crippen molar-refractivity contribution in [2.45, 2.75) is 37.6 Å². The van der Waals surface area contributed by atoms with Gasteiger partial charge in [0.15, 0.2) is 0 Å². The number of nitrogens with one attached hydrogen (secondary N) is 1. The summed E-state index contributed by atoms with van der Waals surface area (Å²) in [6, 6.07) is 5.41. The molecule has 0 spiro atoms. The molecule has 4 heterocycles. The Balaban J connectivity index is 1.42. The molecule has 1 aromatic carbocycles. The first-order valence-electron chi connectivity index (χ1n) is 11.3. The van der Waals surface area contributed by atoms with Gasteiger partial charge in [0.2, 0.25) is 11.9 Å². The molecule has 1 aromatic heterocycles. The van der Waals surface area contributed by atoms with Crippen LogP contribution < -0.4 is 15.1 Å². The van der Waals surface area contributed by atoms with Gasteiger partial charge in [0.1, 0.15) is 0 Å². The number of hydrogen-bond donors (Lipinski definition) is 1. The summed E-state index contributed by atoms with van der Waals surface area (Å²) in [5.74, 6) is -0.0535. The molecule has 2 saturated heterocycles. The van der Waals surface area contributed by atoms with Crippen LogP contribution in [0.1, 0.15) is 24.0 Å².